The molecular weight excluding hydrogens is 364 g/mol. The molecule has 2 atom stereocenters. The van der Waals surface area contributed by atoms with Gasteiger partial charge in [0.05, 0.1) is 11.0 Å². The number of nitrogens with zero attached hydrogens (tertiary/aromatic N) is 1. The molecule has 28 heavy (non-hydrogen) atoms. The molecule has 0 aromatic heterocycles. The second-order valence-corrected chi connectivity index (χ2v) is 6.45. The third-order valence-corrected chi connectivity index (χ3v) is 4.30. The number of para-hydroxylation sites is 2. The highest BCUT2D eigenvalue weighted by Gasteiger charge is 2.21. The lowest BCUT2D eigenvalue weighted by Crippen LogP contribution is -2.30. The molecule has 148 valence electrons. The van der Waals surface area contributed by atoms with E-state index in [4.69, 9.17) is 14.2 Å². The van der Waals surface area contributed by atoms with Crippen molar-refractivity contribution < 1.29 is 23.9 Å². The summed E-state index contributed by atoms with van der Waals surface area (Å²) >= 11 is 0. The van der Waals surface area contributed by atoms with E-state index >= 15 is 0 Å². The van der Waals surface area contributed by atoms with Crippen LogP contribution in [0.4, 0.5) is 11.4 Å². The average Bonchev–Trinajstić information content (AvgIpc) is 3.20. The highest BCUT2D eigenvalue weighted by molar-refractivity contribution is 5.94. The fourth-order valence-electron chi connectivity index (χ4n) is 2.82. The fourth-order valence-corrected chi connectivity index (χ4v) is 2.82. The van der Waals surface area contributed by atoms with E-state index in [1.807, 2.05) is 0 Å². The summed E-state index contributed by atoms with van der Waals surface area (Å²) in [6.07, 6.45) is 1.21. The molecule has 8 nitrogen and oxygen atoms in total. The van der Waals surface area contributed by atoms with Crippen LogP contribution in [-0.4, -0.2) is 36.3 Å². The zero-order chi connectivity index (χ0) is 19.9. The molecule has 1 aliphatic heterocycles. The summed E-state index contributed by atoms with van der Waals surface area (Å²) in [5.41, 5.74) is 0.361. The van der Waals surface area contributed by atoms with E-state index in [1.54, 1.807) is 30.3 Å². The van der Waals surface area contributed by atoms with Crippen LogP contribution in [0.3, 0.4) is 0 Å². The van der Waals surface area contributed by atoms with Crippen LogP contribution < -0.4 is 14.8 Å². The predicted molar refractivity (Wildman–Crippen MR) is 103 cm³/mol. The van der Waals surface area contributed by atoms with Crippen molar-refractivity contribution in [1.82, 2.24) is 0 Å². The van der Waals surface area contributed by atoms with E-state index in [1.165, 1.54) is 25.1 Å². The zero-order valence-corrected chi connectivity index (χ0v) is 15.5. The van der Waals surface area contributed by atoms with E-state index < -0.39 is 16.9 Å². The molecule has 2 aromatic carbocycles. The average molecular weight is 386 g/mol. The highest BCUT2D eigenvalue weighted by Crippen LogP contribution is 2.27. The summed E-state index contributed by atoms with van der Waals surface area (Å²) in [4.78, 5) is 22.9. The van der Waals surface area contributed by atoms with E-state index in [0.29, 0.717) is 18.0 Å². The Labute approximate surface area is 162 Å². The van der Waals surface area contributed by atoms with Gasteiger partial charge in [-0.05, 0) is 38.0 Å². The number of hydrogen-bond acceptors (Lipinski definition) is 6. The number of benzene rings is 2. The summed E-state index contributed by atoms with van der Waals surface area (Å²) in [7, 11) is 0. The SMILES string of the molecule is CC(Oc1ccccc1[N+](=O)[O-])C(=O)Nc1cccc(OCC2CCCO2)c1. The van der Waals surface area contributed by atoms with Gasteiger partial charge in [-0.3, -0.25) is 14.9 Å². The molecule has 1 N–H and O–H groups in total. The van der Waals surface area contributed by atoms with Crippen LogP contribution in [0.5, 0.6) is 11.5 Å². The standard InChI is InChI=1S/C20H22N2O6/c1-14(28-19-10-3-2-9-18(19)22(24)25)20(23)21-15-6-4-7-16(12-15)27-13-17-8-5-11-26-17/h2-4,6-7,9-10,12,14,17H,5,8,11,13H2,1H3,(H,21,23). The van der Waals surface area contributed by atoms with Gasteiger partial charge in [-0.15, -0.1) is 0 Å². The topological polar surface area (TPSA) is 99.9 Å². The number of nitrogens with one attached hydrogen (secondary N) is 1. The molecular formula is C20H22N2O6. The number of nitro benzene ring substituents is 1. The molecule has 0 saturated carbocycles. The summed E-state index contributed by atoms with van der Waals surface area (Å²) < 4.78 is 16.7. The van der Waals surface area contributed by atoms with Crippen molar-refractivity contribution in [1.29, 1.82) is 0 Å². The molecule has 1 saturated heterocycles. The number of rotatable bonds is 8. The summed E-state index contributed by atoms with van der Waals surface area (Å²) in [6, 6.07) is 13.0. The van der Waals surface area contributed by atoms with Crippen molar-refractivity contribution in [3.63, 3.8) is 0 Å². The van der Waals surface area contributed by atoms with Crippen LogP contribution in [0, 0.1) is 10.1 Å². The van der Waals surface area contributed by atoms with Gasteiger partial charge in [0, 0.05) is 24.4 Å². The van der Waals surface area contributed by atoms with Crippen LogP contribution in [0.1, 0.15) is 19.8 Å². The Morgan fingerprint density at radius 2 is 2.14 bits per heavy atom. The Morgan fingerprint density at radius 1 is 1.32 bits per heavy atom. The Morgan fingerprint density at radius 3 is 2.89 bits per heavy atom. The van der Waals surface area contributed by atoms with E-state index in [-0.39, 0.29) is 17.5 Å². The lowest BCUT2D eigenvalue weighted by molar-refractivity contribution is -0.386. The summed E-state index contributed by atoms with van der Waals surface area (Å²) in [5.74, 6) is 0.249. The maximum atomic E-state index is 12.4. The molecule has 1 heterocycles. The van der Waals surface area contributed by atoms with E-state index in [0.717, 1.165) is 19.4 Å². The third kappa shape index (κ3) is 5.20. The monoisotopic (exact) mass is 386 g/mol. The fraction of sp³-hybridized carbons (Fsp3) is 0.350. The molecule has 3 rings (SSSR count). The molecule has 0 radical (unpaired) electrons. The Kier molecular flexibility index (Phi) is 6.44. The van der Waals surface area contributed by atoms with Gasteiger partial charge in [-0.25, -0.2) is 0 Å². The van der Waals surface area contributed by atoms with Gasteiger partial charge in [0.1, 0.15) is 12.4 Å². The minimum absolute atomic E-state index is 0.0452. The van der Waals surface area contributed by atoms with Gasteiger partial charge in [-0.2, -0.15) is 0 Å². The lowest BCUT2D eigenvalue weighted by atomic mass is 10.2. The van der Waals surface area contributed by atoms with Crippen LogP contribution in [0.2, 0.25) is 0 Å². The van der Waals surface area contributed by atoms with Crippen LogP contribution in [0.25, 0.3) is 0 Å². The first-order chi connectivity index (χ1) is 13.5. The summed E-state index contributed by atoms with van der Waals surface area (Å²) in [6.45, 7) is 2.76. The minimum atomic E-state index is -0.919. The second-order valence-electron chi connectivity index (χ2n) is 6.45. The normalized spacial score (nSPS) is 17.0. The molecule has 1 fully saturated rings. The maximum Gasteiger partial charge on any atom is 0.310 e. The van der Waals surface area contributed by atoms with Crippen molar-refractivity contribution in [3.8, 4) is 11.5 Å². The van der Waals surface area contributed by atoms with Gasteiger partial charge in [-0.1, -0.05) is 18.2 Å². The van der Waals surface area contributed by atoms with Crippen LogP contribution in [-0.2, 0) is 9.53 Å². The zero-order valence-electron chi connectivity index (χ0n) is 15.5. The largest absolute Gasteiger partial charge is 0.491 e. The number of hydrogen-bond donors (Lipinski definition) is 1. The second kappa shape index (κ2) is 9.18. The van der Waals surface area contributed by atoms with Crippen molar-refractivity contribution in [2.24, 2.45) is 0 Å². The molecule has 0 bridgehead atoms. The maximum absolute atomic E-state index is 12.4. The van der Waals surface area contributed by atoms with Crippen LogP contribution >= 0.6 is 0 Å². The Bertz CT molecular complexity index is 835. The van der Waals surface area contributed by atoms with Gasteiger partial charge in [0.2, 0.25) is 0 Å². The van der Waals surface area contributed by atoms with Gasteiger partial charge in [0.15, 0.2) is 11.9 Å². The van der Waals surface area contributed by atoms with Gasteiger partial charge >= 0.3 is 5.69 Å². The number of anilines is 1. The third-order valence-electron chi connectivity index (χ3n) is 4.30. The molecule has 2 aromatic rings. The van der Waals surface area contributed by atoms with Crippen molar-refractivity contribution >= 4 is 17.3 Å². The molecule has 1 aliphatic rings. The number of amides is 1. The first-order valence-corrected chi connectivity index (χ1v) is 9.08. The molecule has 2 unspecified atom stereocenters. The van der Waals surface area contributed by atoms with Gasteiger partial charge in [0.25, 0.3) is 5.91 Å². The quantitative estimate of drug-likeness (QED) is 0.550. The number of nitro groups is 1. The number of carbonyl (C=O) groups is 1. The van der Waals surface area contributed by atoms with E-state index in [9.17, 15) is 14.9 Å². The summed E-state index contributed by atoms with van der Waals surface area (Å²) in [5, 5.41) is 13.8. The van der Waals surface area contributed by atoms with E-state index in [2.05, 4.69) is 5.32 Å². The predicted octanol–water partition coefficient (Wildman–Crippen LogP) is 3.56. The number of carbonyl (C=O) groups excluding carboxylic acids is 1. The Balaban J connectivity index is 1.58. The lowest BCUT2D eigenvalue weighted by Gasteiger charge is -2.16. The van der Waals surface area contributed by atoms with Crippen molar-refractivity contribution in [2.75, 3.05) is 18.5 Å². The molecule has 0 aliphatic carbocycles. The molecule has 0 spiro atoms. The highest BCUT2D eigenvalue weighted by atomic mass is 16.6. The number of ether oxygens (including phenoxy) is 3. The first-order valence-electron chi connectivity index (χ1n) is 9.08. The van der Waals surface area contributed by atoms with Crippen molar-refractivity contribution in [3.05, 3.63) is 58.6 Å². The Hall–Kier alpha value is -3.13. The van der Waals surface area contributed by atoms with Crippen LogP contribution in [0.15, 0.2) is 48.5 Å². The first kappa shape index (κ1) is 19.6. The van der Waals surface area contributed by atoms with Gasteiger partial charge < -0.3 is 19.5 Å². The van der Waals surface area contributed by atoms with Crippen molar-refractivity contribution in [2.45, 2.75) is 32.0 Å². The molecule has 8 heteroatoms. The molecule has 1 amide bonds. The minimum Gasteiger partial charge on any atom is -0.491 e. The smallest absolute Gasteiger partial charge is 0.310 e.